The van der Waals surface area contributed by atoms with Crippen LogP contribution in [-0.2, 0) is 5.41 Å². The normalized spacial score (nSPS) is 12.1. The Hall–Kier alpha value is 0.470. The second-order valence-corrected chi connectivity index (χ2v) is 6.32. The second-order valence-electron chi connectivity index (χ2n) is 3.48. The zero-order valence-corrected chi connectivity index (χ0v) is 9.90. The Bertz CT molecular complexity index is 260. The lowest BCUT2D eigenvalue weighted by Gasteiger charge is -2.16. The fourth-order valence-corrected chi connectivity index (χ4v) is 3.11. The predicted molar refractivity (Wildman–Crippen MR) is 55.7 cm³/mol. The molecule has 1 rings (SSSR count). The summed E-state index contributed by atoms with van der Waals surface area (Å²) >= 11 is 11.1. The lowest BCUT2D eigenvalue weighted by molar-refractivity contribution is 0.604. The third-order valence-electron chi connectivity index (χ3n) is 1.34. The van der Waals surface area contributed by atoms with Gasteiger partial charge in [-0.25, -0.2) is 0 Å². The molecule has 0 fully saturated rings. The van der Waals surface area contributed by atoms with E-state index >= 15 is 0 Å². The number of rotatable bonds is 0. The van der Waals surface area contributed by atoms with Crippen LogP contribution in [0.1, 0.15) is 25.6 Å². The van der Waals surface area contributed by atoms with Crippen molar-refractivity contribution in [1.82, 2.24) is 0 Å². The first kappa shape index (κ1) is 9.56. The highest BCUT2D eigenvalue weighted by atomic mass is 79.9. The van der Waals surface area contributed by atoms with Gasteiger partial charge in [0.05, 0.1) is 8.81 Å². The molecule has 11 heavy (non-hydrogen) atoms. The minimum absolute atomic E-state index is 0.160. The lowest BCUT2D eigenvalue weighted by Crippen LogP contribution is -2.08. The van der Waals surface area contributed by atoms with Crippen LogP contribution >= 0.6 is 38.9 Å². The second kappa shape index (κ2) is 3.08. The molecule has 0 radical (unpaired) electrons. The van der Waals surface area contributed by atoms with Gasteiger partial charge in [0.2, 0.25) is 0 Å². The Morgan fingerprint density at radius 2 is 2.00 bits per heavy atom. The van der Waals surface area contributed by atoms with Crippen LogP contribution in [0.4, 0.5) is 0 Å². The van der Waals surface area contributed by atoms with Gasteiger partial charge in [-0.3, -0.25) is 0 Å². The summed E-state index contributed by atoms with van der Waals surface area (Å²) in [4.78, 5) is 1.24. The smallest absolute Gasteiger partial charge is 0.0716 e. The van der Waals surface area contributed by atoms with Crippen molar-refractivity contribution >= 4 is 38.9 Å². The molecular formula is C8H10BrClS. The van der Waals surface area contributed by atoms with Crippen LogP contribution in [0.2, 0.25) is 5.02 Å². The van der Waals surface area contributed by atoms with Crippen LogP contribution in [0.3, 0.4) is 0 Å². The van der Waals surface area contributed by atoms with E-state index in [4.69, 9.17) is 11.6 Å². The summed E-state index contributed by atoms with van der Waals surface area (Å²) in [6, 6.07) is 1.95. The standard InChI is InChI=1S/C8H10BrClS/c1-8(2,3)7-5(10)4-6(9)11-7/h4H,1-3H3. The molecule has 1 aromatic rings. The van der Waals surface area contributed by atoms with E-state index in [9.17, 15) is 0 Å². The van der Waals surface area contributed by atoms with Gasteiger partial charge < -0.3 is 0 Å². The molecule has 3 heteroatoms. The zero-order chi connectivity index (χ0) is 8.65. The first-order valence-corrected chi connectivity index (χ1v) is 5.35. The molecule has 0 spiro atoms. The monoisotopic (exact) mass is 252 g/mol. The summed E-state index contributed by atoms with van der Waals surface area (Å²) in [5.74, 6) is 0. The Balaban J connectivity index is 3.13. The topological polar surface area (TPSA) is 0 Å². The molecule has 0 aliphatic rings. The van der Waals surface area contributed by atoms with E-state index < -0.39 is 0 Å². The molecule has 0 amide bonds. The Kier molecular flexibility index (Phi) is 2.67. The van der Waals surface area contributed by atoms with E-state index in [-0.39, 0.29) is 5.41 Å². The molecular weight excluding hydrogens is 244 g/mol. The molecule has 1 aromatic heterocycles. The van der Waals surface area contributed by atoms with Crippen molar-refractivity contribution in [3.05, 3.63) is 19.8 Å². The highest BCUT2D eigenvalue weighted by molar-refractivity contribution is 9.11. The van der Waals surface area contributed by atoms with E-state index in [0.29, 0.717) is 0 Å². The van der Waals surface area contributed by atoms with Crippen LogP contribution < -0.4 is 0 Å². The SMILES string of the molecule is CC(C)(C)c1sc(Br)cc1Cl. The summed E-state index contributed by atoms with van der Waals surface area (Å²) in [7, 11) is 0. The number of hydrogen-bond donors (Lipinski definition) is 0. The molecule has 0 nitrogen and oxygen atoms in total. The molecule has 0 aliphatic heterocycles. The van der Waals surface area contributed by atoms with E-state index in [1.54, 1.807) is 11.3 Å². The molecule has 0 saturated heterocycles. The van der Waals surface area contributed by atoms with Crippen LogP contribution in [-0.4, -0.2) is 0 Å². The first-order chi connectivity index (χ1) is 4.91. The highest BCUT2D eigenvalue weighted by Gasteiger charge is 2.19. The average Bonchev–Trinajstić information content (AvgIpc) is 2.08. The lowest BCUT2D eigenvalue weighted by atomic mass is 9.95. The summed E-state index contributed by atoms with van der Waals surface area (Å²) in [6.45, 7) is 6.49. The van der Waals surface area contributed by atoms with Gasteiger partial charge in [-0.2, -0.15) is 0 Å². The van der Waals surface area contributed by atoms with Crippen LogP contribution in [0, 0.1) is 0 Å². The molecule has 0 N–H and O–H groups in total. The van der Waals surface area contributed by atoms with Gasteiger partial charge in [-0.1, -0.05) is 32.4 Å². The van der Waals surface area contributed by atoms with Crippen molar-refractivity contribution in [3.8, 4) is 0 Å². The van der Waals surface area contributed by atoms with Crippen molar-refractivity contribution < 1.29 is 0 Å². The van der Waals surface area contributed by atoms with Crippen molar-refractivity contribution in [2.45, 2.75) is 26.2 Å². The summed E-state index contributed by atoms with van der Waals surface area (Å²) < 4.78 is 1.10. The van der Waals surface area contributed by atoms with Gasteiger partial charge in [0, 0.05) is 4.88 Å². The van der Waals surface area contributed by atoms with E-state index in [1.807, 2.05) is 6.07 Å². The maximum Gasteiger partial charge on any atom is 0.0716 e. The molecule has 0 aromatic carbocycles. The van der Waals surface area contributed by atoms with Gasteiger partial charge in [0.15, 0.2) is 0 Å². The maximum atomic E-state index is 6.01. The quantitative estimate of drug-likeness (QED) is 0.640. The first-order valence-electron chi connectivity index (χ1n) is 3.36. The molecule has 0 bridgehead atoms. The number of hydrogen-bond acceptors (Lipinski definition) is 1. The average molecular weight is 254 g/mol. The van der Waals surface area contributed by atoms with Crippen LogP contribution in [0.5, 0.6) is 0 Å². The number of halogens is 2. The van der Waals surface area contributed by atoms with Crippen LogP contribution in [0.25, 0.3) is 0 Å². The van der Waals surface area contributed by atoms with Gasteiger partial charge in [-0.05, 0) is 27.4 Å². The molecule has 62 valence electrons. The minimum Gasteiger partial charge on any atom is -0.131 e. The zero-order valence-electron chi connectivity index (χ0n) is 6.74. The molecule has 0 atom stereocenters. The Morgan fingerprint density at radius 3 is 2.18 bits per heavy atom. The highest BCUT2D eigenvalue weighted by Crippen LogP contribution is 2.38. The predicted octanol–water partition coefficient (Wildman–Crippen LogP) is 4.46. The molecule has 1 heterocycles. The summed E-state index contributed by atoms with van der Waals surface area (Å²) in [5, 5.41) is 0.870. The maximum absolute atomic E-state index is 6.01. The Morgan fingerprint density at radius 1 is 1.45 bits per heavy atom. The third kappa shape index (κ3) is 2.20. The van der Waals surface area contributed by atoms with E-state index in [1.165, 1.54) is 4.88 Å². The fraction of sp³-hybridized carbons (Fsp3) is 0.500. The van der Waals surface area contributed by atoms with E-state index in [2.05, 4.69) is 36.7 Å². The molecule has 0 saturated carbocycles. The fourth-order valence-electron chi connectivity index (χ4n) is 0.852. The molecule has 0 aliphatic carbocycles. The third-order valence-corrected chi connectivity index (χ3v) is 3.81. The Labute approximate surface area is 84.7 Å². The number of thiophene rings is 1. The minimum atomic E-state index is 0.160. The summed E-state index contributed by atoms with van der Waals surface area (Å²) in [6.07, 6.45) is 0. The van der Waals surface area contributed by atoms with Gasteiger partial charge in [0.25, 0.3) is 0 Å². The van der Waals surface area contributed by atoms with Gasteiger partial charge in [-0.15, -0.1) is 11.3 Å². The van der Waals surface area contributed by atoms with E-state index in [0.717, 1.165) is 8.81 Å². The van der Waals surface area contributed by atoms with Crippen LogP contribution in [0.15, 0.2) is 9.85 Å². The van der Waals surface area contributed by atoms with Crippen molar-refractivity contribution in [2.75, 3.05) is 0 Å². The van der Waals surface area contributed by atoms with Crippen molar-refractivity contribution in [3.63, 3.8) is 0 Å². The largest absolute Gasteiger partial charge is 0.131 e. The van der Waals surface area contributed by atoms with Crippen molar-refractivity contribution in [1.29, 1.82) is 0 Å². The van der Waals surface area contributed by atoms with Crippen molar-refractivity contribution in [2.24, 2.45) is 0 Å². The van der Waals surface area contributed by atoms with Gasteiger partial charge in [0.1, 0.15) is 0 Å². The van der Waals surface area contributed by atoms with Gasteiger partial charge >= 0.3 is 0 Å². The summed E-state index contributed by atoms with van der Waals surface area (Å²) in [5.41, 5.74) is 0.160. The molecule has 0 unspecified atom stereocenters.